The van der Waals surface area contributed by atoms with Crippen molar-refractivity contribution in [3.63, 3.8) is 0 Å². The van der Waals surface area contributed by atoms with E-state index in [-0.39, 0.29) is 0 Å². The molecule has 25 heavy (non-hydrogen) atoms. The molecule has 0 N–H and O–H groups in total. The van der Waals surface area contributed by atoms with Crippen molar-refractivity contribution >= 4 is 0 Å². The van der Waals surface area contributed by atoms with Crippen molar-refractivity contribution in [3.05, 3.63) is 72.6 Å². The van der Waals surface area contributed by atoms with Gasteiger partial charge in [0.05, 0.1) is 6.61 Å². The van der Waals surface area contributed by atoms with Gasteiger partial charge in [-0.3, -0.25) is 0 Å². The minimum Gasteiger partial charge on any atom is -0.494 e. The zero-order valence-electron chi connectivity index (χ0n) is 15.6. The molecule has 2 aromatic carbocycles. The summed E-state index contributed by atoms with van der Waals surface area (Å²) in [6.45, 7) is 4.72. The Morgan fingerprint density at radius 1 is 0.600 bits per heavy atom. The molecule has 0 bridgehead atoms. The van der Waals surface area contributed by atoms with Crippen molar-refractivity contribution in [1.29, 1.82) is 0 Å². The Hall–Kier alpha value is -1.76. The third-order valence-corrected chi connectivity index (χ3v) is 4.61. The van der Waals surface area contributed by atoms with Crippen LogP contribution in [0.15, 0.2) is 54.6 Å². The molecular weight excluding hydrogens is 304 g/mol. The van der Waals surface area contributed by atoms with E-state index in [1.54, 1.807) is 0 Å². The fraction of sp³-hybridized carbons (Fsp3) is 0.458. The molecule has 0 atom stereocenters. The second kappa shape index (κ2) is 12.6. The van der Waals surface area contributed by atoms with Crippen molar-refractivity contribution in [3.8, 4) is 5.75 Å². The van der Waals surface area contributed by atoms with Gasteiger partial charge in [0.15, 0.2) is 0 Å². The molecule has 0 heterocycles. The molecule has 2 aromatic rings. The second-order valence-corrected chi connectivity index (χ2v) is 6.81. The summed E-state index contributed by atoms with van der Waals surface area (Å²) >= 11 is 0. The third kappa shape index (κ3) is 8.77. The van der Waals surface area contributed by atoms with E-state index in [0.717, 1.165) is 25.2 Å². The average Bonchev–Trinajstić information content (AvgIpc) is 2.66. The van der Waals surface area contributed by atoms with Crippen molar-refractivity contribution in [1.82, 2.24) is 0 Å². The first-order valence-electron chi connectivity index (χ1n) is 9.93. The van der Waals surface area contributed by atoms with Gasteiger partial charge in [-0.25, -0.2) is 0 Å². The predicted molar refractivity (Wildman–Crippen MR) is 108 cm³/mol. The van der Waals surface area contributed by atoms with Gasteiger partial charge in [-0.05, 0) is 55.4 Å². The fourth-order valence-corrected chi connectivity index (χ4v) is 3.05. The van der Waals surface area contributed by atoms with Crippen LogP contribution in [0.4, 0.5) is 0 Å². The highest BCUT2D eigenvalue weighted by molar-refractivity contribution is 5.27. The van der Waals surface area contributed by atoms with Crippen molar-refractivity contribution in [2.45, 2.75) is 64.2 Å². The molecule has 1 radical (unpaired) electrons. The van der Waals surface area contributed by atoms with Gasteiger partial charge < -0.3 is 4.74 Å². The first-order chi connectivity index (χ1) is 12.4. The van der Waals surface area contributed by atoms with Gasteiger partial charge in [0.2, 0.25) is 0 Å². The van der Waals surface area contributed by atoms with E-state index in [2.05, 4.69) is 61.5 Å². The summed E-state index contributed by atoms with van der Waals surface area (Å²) in [5.41, 5.74) is 2.86. The van der Waals surface area contributed by atoms with Crippen molar-refractivity contribution in [2.24, 2.45) is 0 Å². The third-order valence-electron chi connectivity index (χ3n) is 4.61. The summed E-state index contributed by atoms with van der Waals surface area (Å²) in [7, 11) is 0. The molecule has 0 amide bonds. The molecule has 0 saturated carbocycles. The lowest BCUT2D eigenvalue weighted by Gasteiger charge is -2.07. The van der Waals surface area contributed by atoms with E-state index in [0.29, 0.717) is 0 Å². The van der Waals surface area contributed by atoms with Gasteiger partial charge in [0.1, 0.15) is 5.75 Å². The van der Waals surface area contributed by atoms with E-state index in [9.17, 15) is 0 Å². The lowest BCUT2D eigenvalue weighted by atomic mass is 10.1. The van der Waals surface area contributed by atoms with E-state index in [1.807, 2.05) is 0 Å². The number of aryl methyl sites for hydroxylation is 2. The lowest BCUT2D eigenvalue weighted by Crippen LogP contribution is -1.97. The summed E-state index contributed by atoms with van der Waals surface area (Å²) in [4.78, 5) is 0. The van der Waals surface area contributed by atoms with E-state index in [4.69, 9.17) is 4.74 Å². The van der Waals surface area contributed by atoms with Crippen LogP contribution in [0.1, 0.15) is 62.5 Å². The van der Waals surface area contributed by atoms with Crippen LogP contribution >= 0.6 is 0 Å². The smallest absolute Gasteiger partial charge is 0.119 e. The molecule has 1 heteroatoms. The Morgan fingerprint density at radius 3 is 1.88 bits per heavy atom. The van der Waals surface area contributed by atoms with Gasteiger partial charge >= 0.3 is 0 Å². The molecule has 0 spiro atoms. The first kappa shape index (κ1) is 19.6. The average molecular weight is 338 g/mol. The fourth-order valence-electron chi connectivity index (χ4n) is 3.05. The SMILES string of the molecule is [CH2]CCCCCc1ccc(OCCCCCCc2ccccc2)cc1. The topological polar surface area (TPSA) is 9.23 Å². The second-order valence-electron chi connectivity index (χ2n) is 6.81. The molecule has 2 rings (SSSR count). The van der Waals surface area contributed by atoms with Crippen LogP contribution in [-0.2, 0) is 12.8 Å². The quantitative estimate of drug-likeness (QED) is 0.365. The number of unbranched alkanes of at least 4 members (excludes halogenated alkanes) is 6. The Balaban J connectivity index is 1.50. The largest absolute Gasteiger partial charge is 0.494 e. The summed E-state index contributed by atoms with van der Waals surface area (Å²) in [6, 6.07) is 19.4. The molecule has 0 fully saturated rings. The minimum atomic E-state index is 0.828. The Labute approximate surface area is 154 Å². The highest BCUT2D eigenvalue weighted by atomic mass is 16.5. The van der Waals surface area contributed by atoms with E-state index < -0.39 is 0 Å². The molecule has 0 aliphatic heterocycles. The van der Waals surface area contributed by atoms with Crippen LogP contribution in [0, 0.1) is 6.92 Å². The van der Waals surface area contributed by atoms with Crippen molar-refractivity contribution in [2.75, 3.05) is 6.61 Å². The molecule has 0 aliphatic rings. The lowest BCUT2D eigenvalue weighted by molar-refractivity contribution is 0.304. The molecule has 1 nitrogen and oxygen atoms in total. The number of benzene rings is 2. The molecule has 0 aliphatic carbocycles. The predicted octanol–water partition coefficient (Wildman–Crippen LogP) is 6.81. The van der Waals surface area contributed by atoms with Crippen LogP contribution < -0.4 is 4.74 Å². The van der Waals surface area contributed by atoms with E-state index >= 15 is 0 Å². The number of hydrogen-bond donors (Lipinski definition) is 0. The maximum atomic E-state index is 5.86. The number of ether oxygens (including phenoxy) is 1. The van der Waals surface area contributed by atoms with Crippen LogP contribution in [0.2, 0.25) is 0 Å². The monoisotopic (exact) mass is 337 g/mol. The van der Waals surface area contributed by atoms with Crippen LogP contribution in [-0.4, -0.2) is 6.61 Å². The van der Waals surface area contributed by atoms with Crippen LogP contribution in [0.5, 0.6) is 5.75 Å². The minimum absolute atomic E-state index is 0.828. The maximum Gasteiger partial charge on any atom is 0.119 e. The van der Waals surface area contributed by atoms with Gasteiger partial charge in [0, 0.05) is 0 Å². The normalized spacial score (nSPS) is 10.8. The first-order valence-corrected chi connectivity index (χ1v) is 9.93. The highest BCUT2D eigenvalue weighted by Crippen LogP contribution is 2.15. The Kier molecular flexibility index (Phi) is 9.84. The van der Waals surface area contributed by atoms with Gasteiger partial charge in [-0.2, -0.15) is 0 Å². The molecule has 135 valence electrons. The van der Waals surface area contributed by atoms with Crippen LogP contribution in [0.3, 0.4) is 0 Å². The number of rotatable bonds is 13. The molecule has 0 aromatic heterocycles. The van der Waals surface area contributed by atoms with Gasteiger partial charge in [-0.1, -0.05) is 81.5 Å². The zero-order valence-corrected chi connectivity index (χ0v) is 15.6. The summed E-state index contributed by atoms with van der Waals surface area (Å²) in [5.74, 6) is 1.01. The maximum absolute atomic E-state index is 5.86. The summed E-state index contributed by atoms with van der Waals surface area (Å²) < 4.78 is 5.86. The summed E-state index contributed by atoms with van der Waals surface area (Å²) in [5, 5.41) is 0. The number of hydrogen-bond acceptors (Lipinski definition) is 1. The zero-order chi connectivity index (χ0) is 17.6. The summed E-state index contributed by atoms with van der Waals surface area (Å²) in [6.07, 6.45) is 12.1. The van der Waals surface area contributed by atoms with Crippen molar-refractivity contribution < 1.29 is 4.74 Å². The Morgan fingerprint density at radius 2 is 1.20 bits per heavy atom. The molecule has 0 saturated heterocycles. The van der Waals surface area contributed by atoms with Gasteiger partial charge in [-0.15, -0.1) is 0 Å². The Bertz CT molecular complexity index is 544. The van der Waals surface area contributed by atoms with E-state index in [1.165, 1.54) is 62.5 Å². The van der Waals surface area contributed by atoms with Gasteiger partial charge in [0.25, 0.3) is 0 Å². The standard InChI is InChI=1S/C24H33O/c1-2-3-4-8-16-23-17-19-24(20-18-23)25-21-12-6-5-9-13-22-14-10-7-11-15-22/h7,10-11,14-15,17-20H,1-6,8-9,12-13,16,21H2. The molecule has 0 unspecified atom stereocenters. The molecular formula is C24H33O. The van der Waals surface area contributed by atoms with Crippen LogP contribution in [0.25, 0.3) is 0 Å². The highest BCUT2D eigenvalue weighted by Gasteiger charge is 1.98.